The smallest absolute Gasteiger partial charge is 0.244 e. The summed E-state index contributed by atoms with van der Waals surface area (Å²) >= 11 is 18.1. The van der Waals surface area contributed by atoms with Crippen LogP contribution in [-0.2, 0) is 26.2 Å². The second-order valence-electron chi connectivity index (χ2n) is 7.87. The van der Waals surface area contributed by atoms with E-state index in [-0.39, 0.29) is 28.2 Å². The van der Waals surface area contributed by atoms with Crippen LogP contribution in [0.2, 0.25) is 15.1 Å². The molecule has 2 aromatic carbocycles. The van der Waals surface area contributed by atoms with Crippen LogP contribution in [0.5, 0.6) is 0 Å². The second kappa shape index (κ2) is 12.6. The van der Waals surface area contributed by atoms with Gasteiger partial charge in [-0.2, -0.15) is 0 Å². The topological polar surface area (TPSA) is 86.8 Å². The van der Waals surface area contributed by atoms with Gasteiger partial charge in [0.15, 0.2) is 0 Å². The Bertz CT molecular complexity index is 1090. The van der Waals surface area contributed by atoms with E-state index in [1.165, 1.54) is 23.1 Å². The number of halogens is 3. The minimum absolute atomic E-state index is 0.0896. The summed E-state index contributed by atoms with van der Waals surface area (Å²) in [5.41, 5.74) is 0.891. The van der Waals surface area contributed by atoms with E-state index < -0.39 is 28.5 Å². The van der Waals surface area contributed by atoms with Crippen molar-refractivity contribution in [2.24, 2.45) is 0 Å². The monoisotopic (exact) mass is 547 g/mol. The lowest BCUT2D eigenvalue weighted by Crippen LogP contribution is -2.51. The van der Waals surface area contributed by atoms with Gasteiger partial charge in [0.05, 0.1) is 11.9 Å². The maximum Gasteiger partial charge on any atom is 0.244 e. The summed E-state index contributed by atoms with van der Waals surface area (Å²) < 4.78 is 26.0. The molecule has 0 heterocycles. The summed E-state index contributed by atoms with van der Waals surface area (Å²) in [6.07, 6.45) is 2.70. The molecular formula is C23H28Cl3N3O4S. The van der Waals surface area contributed by atoms with E-state index in [1.54, 1.807) is 31.2 Å². The first-order chi connectivity index (χ1) is 15.9. The first kappa shape index (κ1) is 28.2. The fraction of sp³-hybridized carbons (Fsp3) is 0.391. The van der Waals surface area contributed by atoms with E-state index in [0.717, 1.165) is 29.0 Å². The molecule has 7 nitrogen and oxygen atoms in total. The molecule has 34 heavy (non-hydrogen) atoms. The number of carbonyl (C=O) groups is 2. The number of nitrogens with one attached hydrogen (secondary N) is 1. The lowest BCUT2D eigenvalue weighted by molar-refractivity contribution is -0.139. The molecule has 0 fully saturated rings. The molecule has 0 spiro atoms. The standard InChI is InChI=1S/C23H28Cl3N3O4S/c1-4-5-10-27-23(31)16(2)28(14-17-6-8-18(24)9-7-17)22(30)15-29(34(3,32)33)21-12-19(25)11-20(26)13-21/h6-9,11-13,16H,4-5,10,14-15H2,1-3H3,(H,27,31)/t16-/m0/s1. The highest BCUT2D eigenvalue weighted by Gasteiger charge is 2.30. The van der Waals surface area contributed by atoms with E-state index >= 15 is 0 Å². The number of nitrogens with zero attached hydrogens (tertiary/aromatic N) is 2. The van der Waals surface area contributed by atoms with E-state index in [1.807, 2.05) is 6.92 Å². The molecule has 0 unspecified atom stereocenters. The number of anilines is 1. The van der Waals surface area contributed by atoms with Gasteiger partial charge in [-0.3, -0.25) is 13.9 Å². The predicted octanol–water partition coefficient (Wildman–Crippen LogP) is 4.75. The summed E-state index contributed by atoms with van der Waals surface area (Å²) in [6.45, 7) is 3.66. The van der Waals surface area contributed by atoms with Gasteiger partial charge in [-0.25, -0.2) is 8.42 Å². The van der Waals surface area contributed by atoms with Gasteiger partial charge in [-0.15, -0.1) is 0 Å². The van der Waals surface area contributed by atoms with Gasteiger partial charge in [0, 0.05) is 28.2 Å². The largest absolute Gasteiger partial charge is 0.354 e. The molecule has 0 radical (unpaired) electrons. The summed E-state index contributed by atoms with van der Waals surface area (Å²) in [5, 5.41) is 3.81. The number of unbranched alkanes of at least 4 members (excludes halogenated alkanes) is 1. The number of amides is 2. The molecule has 1 atom stereocenters. The Morgan fingerprint density at radius 1 is 1.00 bits per heavy atom. The third kappa shape index (κ3) is 8.34. The first-order valence-corrected chi connectivity index (χ1v) is 13.7. The Labute approximate surface area is 216 Å². The van der Waals surface area contributed by atoms with Crippen molar-refractivity contribution in [2.45, 2.75) is 39.3 Å². The molecule has 0 saturated heterocycles. The molecule has 0 bridgehead atoms. The van der Waals surface area contributed by atoms with Crippen molar-refractivity contribution in [3.8, 4) is 0 Å². The zero-order valence-corrected chi connectivity index (χ0v) is 22.3. The predicted molar refractivity (Wildman–Crippen MR) is 138 cm³/mol. The Hall–Kier alpha value is -2.00. The molecule has 0 saturated carbocycles. The molecular weight excluding hydrogens is 521 g/mol. The molecule has 0 aliphatic rings. The Balaban J connectivity index is 2.37. The van der Waals surface area contributed by atoms with Crippen molar-refractivity contribution in [3.63, 3.8) is 0 Å². The number of carbonyl (C=O) groups excluding carboxylic acids is 2. The maximum atomic E-state index is 13.4. The highest BCUT2D eigenvalue weighted by Crippen LogP contribution is 2.27. The number of hydrogen-bond donors (Lipinski definition) is 1. The van der Waals surface area contributed by atoms with E-state index in [0.29, 0.717) is 11.6 Å². The quantitative estimate of drug-likeness (QED) is 0.411. The molecule has 2 aromatic rings. The summed E-state index contributed by atoms with van der Waals surface area (Å²) in [6, 6.07) is 10.3. The number of benzene rings is 2. The van der Waals surface area contributed by atoms with Crippen molar-refractivity contribution in [2.75, 3.05) is 23.7 Å². The zero-order chi connectivity index (χ0) is 25.5. The van der Waals surface area contributed by atoms with Crippen LogP contribution in [0.15, 0.2) is 42.5 Å². The van der Waals surface area contributed by atoms with Crippen molar-refractivity contribution in [1.82, 2.24) is 10.2 Å². The first-order valence-electron chi connectivity index (χ1n) is 10.7. The normalized spacial score (nSPS) is 12.2. The van der Waals surface area contributed by atoms with Gasteiger partial charge >= 0.3 is 0 Å². The van der Waals surface area contributed by atoms with Crippen LogP contribution in [0.4, 0.5) is 5.69 Å². The molecule has 0 aromatic heterocycles. The van der Waals surface area contributed by atoms with Gasteiger partial charge in [-0.1, -0.05) is 60.3 Å². The van der Waals surface area contributed by atoms with E-state index in [9.17, 15) is 18.0 Å². The minimum Gasteiger partial charge on any atom is -0.354 e. The average Bonchev–Trinajstić information content (AvgIpc) is 2.75. The van der Waals surface area contributed by atoms with Gasteiger partial charge in [-0.05, 0) is 49.2 Å². The average molecular weight is 549 g/mol. The van der Waals surface area contributed by atoms with Crippen molar-refractivity contribution in [3.05, 3.63) is 63.1 Å². The zero-order valence-electron chi connectivity index (χ0n) is 19.2. The SMILES string of the molecule is CCCCNC(=O)[C@H](C)N(Cc1ccc(Cl)cc1)C(=O)CN(c1cc(Cl)cc(Cl)c1)S(C)(=O)=O. The molecule has 1 N–H and O–H groups in total. The molecule has 2 amide bonds. The third-order valence-electron chi connectivity index (χ3n) is 5.08. The van der Waals surface area contributed by atoms with Crippen LogP contribution in [0, 0.1) is 0 Å². The summed E-state index contributed by atoms with van der Waals surface area (Å²) in [7, 11) is -3.87. The third-order valence-corrected chi connectivity index (χ3v) is 6.91. The van der Waals surface area contributed by atoms with Crippen molar-refractivity contribution in [1.29, 1.82) is 0 Å². The number of rotatable bonds is 11. The molecule has 0 aliphatic heterocycles. The molecule has 0 aliphatic carbocycles. The molecule has 2 rings (SSSR count). The second-order valence-corrected chi connectivity index (χ2v) is 11.1. The highest BCUT2D eigenvalue weighted by atomic mass is 35.5. The number of hydrogen-bond acceptors (Lipinski definition) is 4. The van der Waals surface area contributed by atoms with Crippen molar-refractivity contribution >= 4 is 62.3 Å². The van der Waals surface area contributed by atoms with Crippen LogP contribution in [0.25, 0.3) is 0 Å². The fourth-order valence-corrected chi connectivity index (χ4v) is 4.68. The summed E-state index contributed by atoms with van der Waals surface area (Å²) in [5.74, 6) is -0.887. The van der Waals surface area contributed by atoms with Crippen LogP contribution < -0.4 is 9.62 Å². The van der Waals surface area contributed by atoms with Crippen LogP contribution in [0.3, 0.4) is 0 Å². The minimum atomic E-state index is -3.87. The van der Waals surface area contributed by atoms with Crippen LogP contribution in [-0.4, -0.2) is 50.5 Å². The fourth-order valence-electron chi connectivity index (χ4n) is 3.20. The van der Waals surface area contributed by atoms with Gasteiger partial charge < -0.3 is 10.2 Å². The Morgan fingerprint density at radius 3 is 2.12 bits per heavy atom. The Morgan fingerprint density at radius 2 is 1.59 bits per heavy atom. The Kier molecular flexibility index (Phi) is 10.5. The van der Waals surface area contributed by atoms with Gasteiger partial charge in [0.2, 0.25) is 21.8 Å². The van der Waals surface area contributed by atoms with Crippen LogP contribution in [0.1, 0.15) is 32.3 Å². The van der Waals surface area contributed by atoms with Gasteiger partial charge in [0.1, 0.15) is 12.6 Å². The summed E-state index contributed by atoms with van der Waals surface area (Å²) in [4.78, 5) is 27.5. The van der Waals surface area contributed by atoms with E-state index in [2.05, 4.69) is 5.32 Å². The number of sulfonamides is 1. The molecule has 11 heteroatoms. The maximum absolute atomic E-state index is 13.4. The van der Waals surface area contributed by atoms with E-state index in [4.69, 9.17) is 34.8 Å². The van der Waals surface area contributed by atoms with Gasteiger partial charge in [0.25, 0.3) is 0 Å². The lowest BCUT2D eigenvalue weighted by Gasteiger charge is -2.31. The molecule has 186 valence electrons. The van der Waals surface area contributed by atoms with Crippen LogP contribution >= 0.6 is 34.8 Å². The highest BCUT2D eigenvalue weighted by molar-refractivity contribution is 7.92. The van der Waals surface area contributed by atoms with Crippen molar-refractivity contribution < 1.29 is 18.0 Å². The lowest BCUT2D eigenvalue weighted by atomic mass is 10.1.